The summed E-state index contributed by atoms with van der Waals surface area (Å²) in [7, 11) is 0. The molecule has 0 bridgehead atoms. The summed E-state index contributed by atoms with van der Waals surface area (Å²) in [5.41, 5.74) is 13.8. The normalized spacial score (nSPS) is 11.9. The van der Waals surface area contributed by atoms with Crippen LogP contribution in [0.1, 0.15) is 0 Å². The van der Waals surface area contributed by atoms with Gasteiger partial charge in [0.25, 0.3) is 0 Å². The van der Waals surface area contributed by atoms with Gasteiger partial charge in [-0.1, -0.05) is 152 Å². The summed E-state index contributed by atoms with van der Waals surface area (Å²) in [6, 6.07) is 76.5. The van der Waals surface area contributed by atoms with Crippen molar-refractivity contribution in [3.8, 4) is 62.1 Å². The summed E-state index contributed by atoms with van der Waals surface area (Å²) in [5.74, 6) is 1.77. The monoisotopic (exact) mass is 856 g/mol. The molecule has 6 nitrogen and oxygen atoms in total. The highest BCUT2D eigenvalue weighted by Crippen LogP contribution is 2.42. The molecule has 0 atom stereocenters. The van der Waals surface area contributed by atoms with Crippen LogP contribution in [0, 0.1) is 0 Å². The zero-order chi connectivity index (χ0) is 44.0. The van der Waals surface area contributed by atoms with Gasteiger partial charge in [-0.3, -0.25) is 0 Å². The molecular formula is C61H36N4O2. The average molecular weight is 857 g/mol. The van der Waals surface area contributed by atoms with Crippen LogP contribution in [0.25, 0.3) is 139 Å². The molecule has 0 aliphatic carbocycles. The first kappa shape index (κ1) is 37.3. The third-order valence-corrected chi connectivity index (χ3v) is 13.2. The third kappa shape index (κ3) is 6.00. The molecule has 0 aliphatic rings. The maximum absolute atomic E-state index is 6.51. The van der Waals surface area contributed by atoms with Gasteiger partial charge in [0, 0.05) is 65.8 Å². The van der Waals surface area contributed by atoms with E-state index >= 15 is 0 Å². The fourth-order valence-electron chi connectivity index (χ4n) is 10.1. The van der Waals surface area contributed by atoms with Crippen molar-refractivity contribution in [2.45, 2.75) is 0 Å². The van der Waals surface area contributed by atoms with Crippen LogP contribution in [0.15, 0.2) is 227 Å². The Labute approximate surface area is 383 Å². The van der Waals surface area contributed by atoms with Crippen molar-refractivity contribution in [1.82, 2.24) is 19.5 Å². The number of hydrogen-bond donors (Lipinski definition) is 0. The number of para-hydroxylation sites is 4. The van der Waals surface area contributed by atoms with E-state index in [0.717, 1.165) is 99.5 Å². The lowest BCUT2D eigenvalue weighted by molar-refractivity contribution is 0.669. The highest BCUT2D eigenvalue weighted by atomic mass is 16.3. The average Bonchev–Trinajstić information content (AvgIpc) is 4.07. The maximum Gasteiger partial charge on any atom is 0.164 e. The molecule has 14 aromatic rings. The largest absolute Gasteiger partial charge is 0.456 e. The van der Waals surface area contributed by atoms with Crippen molar-refractivity contribution in [2.75, 3.05) is 0 Å². The first-order valence-corrected chi connectivity index (χ1v) is 22.5. The molecule has 312 valence electrons. The molecule has 0 saturated heterocycles. The van der Waals surface area contributed by atoms with E-state index in [0.29, 0.717) is 17.5 Å². The Morgan fingerprint density at radius 1 is 0.313 bits per heavy atom. The van der Waals surface area contributed by atoms with E-state index in [4.69, 9.17) is 23.8 Å². The number of fused-ring (bicyclic) bond motifs is 10. The van der Waals surface area contributed by atoms with E-state index in [1.54, 1.807) is 0 Å². The van der Waals surface area contributed by atoms with E-state index in [-0.39, 0.29) is 0 Å². The lowest BCUT2D eigenvalue weighted by atomic mass is 9.96. The number of hydrogen-bond acceptors (Lipinski definition) is 5. The zero-order valence-electron chi connectivity index (χ0n) is 35.9. The van der Waals surface area contributed by atoms with E-state index < -0.39 is 0 Å². The van der Waals surface area contributed by atoms with Crippen molar-refractivity contribution in [3.05, 3.63) is 218 Å². The molecule has 4 aromatic heterocycles. The Morgan fingerprint density at radius 2 is 0.851 bits per heavy atom. The molecule has 0 radical (unpaired) electrons. The summed E-state index contributed by atoms with van der Waals surface area (Å²) in [6.07, 6.45) is 0. The van der Waals surface area contributed by atoms with Crippen molar-refractivity contribution in [3.63, 3.8) is 0 Å². The van der Waals surface area contributed by atoms with Gasteiger partial charge in [0.15, 0.2) is 17.5 Å². The molecule has 0 unspecified atom stereocenters. The lowest BCUT2D eigenvalue weighted by Gasteiger charge is -2.14. The Hall–Kier alpha value is -9.13. The molecule has 0 aliphatic heterocycles. The number of benzene rings is 10. The van der Waals surface area contributed by atoms with Gasteiger partial charge in [-0.2, -0.15) is 0 Å². The smallest absolute Gasteiger partial charge is 0.164 e. The number of aromatic nitrogens is 4. The summed E-state index contributed by atoms with van der Waals surface area (Å²) >= 11 is 0. The second-order valence-corrected chi connectivity index (χ2v) is 17.1. The molecule has 4 heterocycles. The fourth-order valence-corrected chi connectivity index (χ4v) is 10.1. The fraction of sp³-hybridized carbons (Fsp3) is 0. The van der Waals surface area contributed by atoms with Crippen LogP contribution < -0.4 is 0 Å². The van der Waals surface area contributed by atoms with Crippen molar-refractivity contribution >= 4 is 76.5 Å². The first-order valence-electron chi connectivity index (χ1n) is 22.5. The van der Waals surface area contributed by atoms with Gasteiger partial charge in [0.1, 0.15) is 22.3 Å². The Bertz CT molecular complexity index is 4280. The molecule has 67 heavy (non-hydrogen) atoms. The van der Waals surface area contributed by atoms with Crippen LogP contribution in [0.2, 0.25) is 0 Å². The lowest BCUT2D eigenvalue weighted by Crippen LogP contribution is -2.00. The van der Waals surface area contributed by atoms with Gasteiger partial charge < -0.3 is 13.4 Å². The number of furan rings is 2. The third-order valence-electron chi connectivity index (χ3n) is 13.2. The predicted molar refractivity (Wildman–Crippen MR) is 273 cm³/mol. The van der Waals surface area contributed by atoms with Gasteiger partial charge in [-0.25, -0.2) is 15.0 Å². The second kappa shape index (κ2) is 14.7. The molecular weight excluding hydrogens is 821 g/mol. The second-order valence-electron chi connectivity index (χ2n) is 17.1. The molecule has 0 spiro atoms. The summed E-state index contributed by atoms with van der Waals surface area (Å²) in [4.78, 5) is 15.2. The molecule has 14 rings (SSSR count). The van der Waals surface area contributed by atoms with Gasteiger partial charge in [0.2, 0.25) is 0 Å². The summed E-state index contributed by atoms with van der Waals surface area (Å²) < 4.78 is 15.2. The van der Waals surface area contributed by atoms with Gasteiger partial charge >= 0.3 is 0 Å². The minimum Gasteiger partial charge on any atom is -0.456 e. The Kier molecular flexibility index (Phi) is 8.18. The number of nitrogens with zero attached hydrogens (tertiary/aromatic N) is 4. The van der Waals surface area contributed by atoms with E-state index in [2.05, 4.69) is 156 Å². The van der Waals surface area contributed by atoms with E-state index in [9.17, 15) is 0 Å². The number of rotatable bonds is 6. The topological polar surface area (TPSA) is 69.9 Å². The van der Waals surface area contributed by atoms with Crippen molar-refractivity contribution in [1.29, 1.82) is 0 Å². The SMILES string of the molecule is c1ccc(-c2nc(-c3ccc(-n4c5cc6ccccc6cc5c5cccc(-c6cccc(-c7cccc8c7oc7ccccc78)c6)c54)cc3)nc(-c3ccc4c(c3)oc3ccccc34)n2)cc1. The van der Waals surface area contributed by atoms with E-state index in [1.807, 2.05) is 66.7 Å². The van der Waals surface area contributed by atoms with Crippen molar-refractivity contribution < 1.29 is 8.83 Å². The summed E-state index contributed by atoms with van der Waals surface area (Å²) in [6.45, 7) is 0. The van der Waals surface area contributed by atoms with Crippen LogP contribution in [0.5, 0.6) is 0 Å². The zero-order valence-corrected chi connectivity index (χ0v) is 35.9. The Balaban J connectivity index is 0.931. The minimum absolute atomic E-state index is 0.577. The molecule has 0 N–H and O–H groups in total. The van der Waals surface area contributed by atoms with Crippen LogP contribution in [-0.4, -0.2) is 19.5 Å². The highest BCUT2D eigenvalue weighted by Gasteiger charge is 2.20. The highest BCUT2D eigenvalue weighted by molar-refractivity contribution is 6.17. The van der Waals surface area contributed by atoms with Crippen LogP contribution >= 0.6 is 0 Å². The molecule has 0 saturated carbocycles. The standard InChI is InChI=1S/C61H36N4O2/c1-2-13-37(14-3-1)59-62-60(64-61(63-59)43-29-32-49-47-19-6-8-25-54(47)66-56(49)36-43)38-27-30-44(31-28-38)65-53-35-40-16-5-4-15-39(40)34-52(53)50-23-11-21-45(57(50)65)41-17-10-18-42(33-41)46-22-12-24-51-48-20-7-9-26-55(48)67-58(46)51/h1-36H. The quantitative estimate of drug-likeness (QED) is 0.167. The van der Waals surface area contributed by atoms with Gasteiger partial charge in [-0.05, 0) is 88.6 Å². The first-order chi connectivity index (χ1) is 33.2. The van der Waals surface area contributed by atoms with Gasteiger partial charge in [0.05, 0.1) is 11.0 Å². The molecule has 10 aromatic carbocycles. The van der Waals surface area contributed by atoms with Crippen LogP contribution in [0.4, 0.5) is 0 Å². The summed E-state index contributed by atoms with van der Waals surface area (Å²) in [5, 5.41) is 9.14. The van der Waals surface area contributed by atoms with Gasteiger partial charge in [-0.15, -0.1) is 0 Å². The maximum atomic E-state index is 6.51. The predicted octanol–water partition coefficient (Wildman–Crippen LogP) is 16.3. The molecule has 0 fully saturated rings. The van der Waals surface area contributed by atoms with Crippen molar-refractivity contribution in [2.24, 2.45) is 0 Å². The minimum atomic E-state index is 0.577. The molecule has 6 heteroatoms. The van der Waals surface area contributed by atoms with Crippen LogP contribution in [0.3, 0.4) is 0 Å². The van der Waals surface area contributed by atoms with Crippen LogP contribution in [-0.2, 0) is 0 Å². The molecule has 0 amide bonds. The Morgan fingerprint density at radius 3 is 1.63 bits per heavy atom. The van der Waals surface area contributed by atoms with E-state index in [1.165, 1.54) is 21.5 Å².